The van der Waals surface area contributed by atoms with Crippen LogP contribution in [0.25, 0.3) is 21.9 Å². The minimum Gasteiger partial charge on any atom is -0.506 e. The fraction of sp³-hybridized carbons (Fsp3) is 0.0588. The first kappa shape index (κ1) is 12.1. The Hall–Kier alpha value is -1.99. The van der Waals surface area contributed by atoms with E-state index < -0.39 is 0 Å². The average molecular weight is 269 g/mol. The molecule has 94 valence electrons. The number of hydrogen-bond donors (Lipinski definition) is 1. The van der Waals surface area contributed by atoms with Crippen molar-refractivity contribution in [2.24, 2.45) is 0 Å². The normalized spacial score (nSPS) is 10.8. The Bertz CT molecular complexity index is 762. The Kier molecular flexibility index (Phi) is 2.92. The summed E-state index contributed by atoms with van der Waals surface area (Å²) in [6.07, 6.45) is 0. The smallest absolute Gasteiger partial charge is 0.137 e. The second-order valence-corrected chi connectivity index (χ2v) is 5.04. The summed E-state index contributed by atoms with van der Waals surface area (Å²) in [7, 11) is 0. The zero-order valence-corrected chi connectivity index (χ0v) is 11.3. The van der Waals surface area contributed by atoms with E-state index in [4.69, 9.17) is 11.6 Å². The number of hydrogen-bond acceptors (Lipinski definition) is 1. The molecule has 0 unspecified atom stereocenters. The quantitative estimate of drug-likeness (QED) is 0.645. The molecule has 1 nitrogen and oxygen atoms in total. The van der Waals surface area contributed by atoms with E-state index in [1.165, 1.54) is 10.8 Å². The predicted molar refractivity (Wildman–Crippen MR) is 80.8 cm³/mol. The highest BCUT2D eigenvalue weighted by molar-refractivity contribution is 6.32. The summed E-state index contributed by atoms with van der Waals surface area (Å²) in [4.78, 5) is 0. The molecule has 0 radical (unpaired) electrons. The van der Waals surface area contributed by atoms with Gasteiger partial charge in [0, 0.05) is 5.56 Å². The maximum absolute atomic E-state index is 9.93. The summed E-state index contributed by atoms with van der Waals surface area (Å²) < 4.78 is 0. The standard InChI is InChI=1S/C17H13ClO/c1-11-15(8-9-16(18)17(11)19)14-7-6-12-4-2-3-5-13(12)10-14/h2-10,19H,1H3. The molecule has 0 saturated heterocycles. The molecule has 2 heteroatoms. The summed E-state index contributed by atoms with van der Waals surface area (Å²) >= 11 is 5.92. The van der Waals surface area contributed by atoms with Crippen molar-refractivity contribution in [1.82, 2.24) is 0 Å². The largest absolute Gasteiger partial charge is 0.506 e. The number of aromatic hydroxyl groups is 1. The van der Waals surface area contributed by atoms with Crippen LogP contribution in [-0.4, -0.2) is 5.11 Å². The molecule has 0 bridgehead atoms. The van der Waals surface area contributed by atoms with Crippen LogP contribution in [0.1, 0.15) is 5.56 Å². The van der Waals surface area contributed by atoms with Gasteiger partial charge < -0.3 is 5.11 Å². The first-order valence-electron chi connectivity index (χ1n) is 6.14. The summed E-state index contributed by atoms with van der Waals surface area (Å²) in [6, 6.07) is 18.2. The van der Waals surface area contributed by atoms with Gasteiger partial charge in [-0.3, -0.25) is 0 Å². The van der Waals surface area contributed by atoms with Crippen LogP contribution in [-0.2, 0) is 0 Å². The van der Waals surface area contributed by atoms with Crippen LogP contribution in [0, 0.1) is 6.92 Å². The molecule has 0 aromatic heterocycles. The van der Waals surface area contributed by atoms with Crippen molar-refractivity contribution in [3.8, 4) is 16.9 Å². The SMILES string of the molecule is Cc1c(-c2ccc3ccccc3c2)ccc(Cl)c1O. The average Bonchev–Trinajstić information content (AvgIpc) is 2.44. The summed E-state index contributed by atoms with van der Waals surface area (Å²) in [5.74, 6) is 0.160. The van der Waals surface area contributed by atoms with E-state index in [2.05, 4.69) is 30.3 Å². The molecule has 1 N–H and O–H groups in total. The van der Waals surface area contributed by atoms with Gasteiger partial charge in [-0.2, -0.15) is 0 Å². The molecule has 0 aliphatic rings. The lowest BCUT2D eigenvalue weighted by molar-refractivity contribution is 0.471. The highest BCUT2D eigenvalue weighted by Gasteiger charge is 2.09. The fourth-order valence-corrected chi connectivity index (χ4v) is 2.54. The van der Waals surface area contributed by atoms with Crippen LogP contribution >= 0.6 is 11.6 Å². The Morgan fingerprint density at radius 1 is 0.895 bits per heavy atom. The molecule has 0 atom stereocenters. The second-order valence-electron chi connectivity index (χ2n) is 4.63. The molecule has 3 rings (SSSR count). The van der Waals surface area contributed by atoms with Crippen LogP contribution in [0.5, 0.6) is 5.75 Å². The van der Waals surface area contributed by atoms with Crippen molar-refractivity contribution in [3.05, 3.63) is 65.2 Å². The molecule has 19 heavy (non-hydrogen) atoms. The van der Waals surface area contributed by atoms with Gasteiger partial charge >= 0.3 is 0 Å². The van der Waals surface area contributed by atoms with E-state index in [0.29, 0.717) is 5.02 Å². The minimum absolute atomic E-state index is 0.160. The van der Waals surface area contributed by atoms with Gasteiger partial charge in [-0.25, -0.2) is 0 Å². The third-order valence-electron chi connectivity index (χ3n) is 3.44. The van der Waals surface area contributed by atoms with Gasteiger partial charge in [0.15, 0.2) is 0 Å². The lowest BCUT2D eigenvalue weighted by Gasteiger charge is -2.10. The summed E-state index contributed by atoms with van der Waals surface area (Å²) in [5, 5.41) is 12.7. The van der Waals surface area contributed by atoms with Crippen LogP contribution < -0.4 is 0 Å². The van der Waals surface area contributed by atoms with Crippen molar-refractivity contribution in [2.45, 2.75) is 6.92 Å². The van der Waals surface area contributed by atoms with Gasteiger partial charge in [-0.15, -0.1) is 0 Å². The van der Waals surface area contributed by atoms with Crippen molar-refractivity contribution < 1.29 is 5.11 Å². The van der Waals surface area contributed by atoms with E-state index in [9.17, 15) is 5.11 Å². The topological polar surface area (TPSA) is 20.2 Å². The number of phenols is 1. The molecule has 0 heterocycles. The number of rotatable bonds is 1. The minimum atomic E-state index is 0.160. The highest BCUT2D eigenvalue weighted by Crippen LogP contribution is 2.35. The van der Waals surface area contributed by atoms with Crippen LogP contribution in [0.4, 0.5) is 0 Å². The molecule has 0 amide bonds. The monoisotopic (exact) mass is 268 g/mol. The highest BCUT2D eigenvalue weighted by atomic mass is 35.5. The van der Waals surface area contributed by atoms with E-state index >= 15 is 0 Å². The first-order valence-corrected chi connectivity index (χ1v) is 6.52. The predicted octanol–water partition coefficient (Wildman–Crippen LogP) is 5.17. The van der Waals surface area contributed by atoms with E-state index in [0.717, 1.165) is 16.7 Å². The van der Waals surface area contributed by atoms with Gasteiger partial charge in [0.05, 0.1) is 5.02 Å². The number of halogens is 1. The summed E-state index contributed by atoms with van der Waals surface area (Å²) in [5.41, 5.74) is 2.90. The molecule has 3 aromatic carbocycles. The van der Waals surface area contributed by atoms with E-state index in [1.807, 2.05) is 25.1 Å². The zero-order chi connectivity index (χ0) is 13.4. The Labute approximate surface area is 117 Å². The van der Waals surface area contributed by atoms with E-state index in [1.54, 1.807) is 6.07 Å². The molecule has 0 aliphatic heterocycles. The third kappa shape index (κ3) is 2.06. The molecule has 0 fully saturated rings. The van der Waals surface area contributed by atoms with Gasteiger partial charge in [0.1, 0.15) is 5.75 Å². The van der Waals surface area contributed by atoms with Crippen molar-refractivity contribution in [1.29, 1.82) is 0 Å². The van der Waals surface area contributed by atoms with Crippen LogP contribution in [0.2, 0.25) is 5.02 Å². The Balaban J connectivity index is 2.22. The van der Waals surface area contributed by atoms with Gasteiger partial charge in [-0.05, 0) is 41.0 Å². The molecular weight excluding hydrogens is 256 g/mol. The van der Waals surface area contributed by atoms with Crippen LogP contribution in [0.3, 0.4) is 0 Å². The van der Waals surface area contributed by atoms with Gasteiger partial charge in [0.2, 0.25) is 0 Å². The maximum Gasteiger partial charge on any atom is 0.137 e. The van der Waals surface area contributed by atoms with Crippen molar-refractivity contribution in [2.75, 3.05) is 0 Å². The molecule has 0 saturated carbocycles. The lowest BCUT2D eigenvalue weighted by Crippen LogP contribution is -1.85. The lowest BCUT2D eigenvalue weighted by atomic mass is 9.97. The second kappa shape index (κ2) is 4.60. The first-order chi connectivity index (χ1) is 9.16. The maximum atomic E-state index is 9.93. The summed E-state index contributed by atoms with van der Waals surface area (Å²) in [6.45, 7) is 1.88. The van der Waals surface area contributed by atoms with E-state index in [-0.39, 0.29) is 5.75 Å². The Morgan fingerprint density at radius 3 is 2.42 bits per heavy atom. The third-order valence-corrected chi connectivity index (χ3v) is 3.75. The van der Waals surface area contributed by atoms with Gasteiger partial charge in [0.25, 0.3) is 0 Å². The molecular formula is C17H13ClO. The number of phenolic OH excluding ortho intramolecular Hbond substituents is 1. The fourth-order valence-electron chi connectivity index (χ4n) is 2.34. The Morgan fingerprint density at radius 2 is 1.63 bits per heavy atom. The van der Waals surface area contributed by atoms with Gasteiger partial charge in [-0.1, -0.05) is 54.1 Å². The number of benzene rings is 3. The van der Waals surface area contributed by atoms with Crippen molar-refractivity contribution >= 4 is 22.4 Å². The zero-order valence-electron chi connectivity index (χ0n) is 10.5. The van der Waals surface area contributed by atoms with Crippen LogP contribution in [0.15, 0.2) is 54.6 Å². The molecule has 0 spiro atoms. The molecule has 3 aromatic rings. The van der Waals surface area contributed by atoms with Crippen molar-refractivity contribution in [3.63, 3.8) is 0 Å². The molecule has 0 aliphatic carbocycles. The number of fused-ring (bicyclic) bond motifs is 1.